The molecule has 1 saturated heterocycles. The Morgan fingerprint density at radius 1 is 1.56 bits per heavy atom. The number of aliphatic hydroxyl groups is 1. The van der Waals surface area contributed by atoms with Gasteiger partial charge in [0.1, 0.15) is 5.76 Å². The van der Waals surface area contributed by atoms with Crippen molar-refractivity contribution in [1.82, 2.24) is 0 Å². The molecule has 1 aliphatic heterocycles. The molecule has 1 N–H and O–H groups in total. The lowest BCUT2D eigenvalue weighted by molar-refractivity contribution is -0.106. The molecule has 1 aromatic heterocycles. The lowest BCUT2D eigenvalue weighted by Gasteiger charge is -2.36. The topological polar surface area (TPSA) is 42.6 Å². The van der Waals surface area contributed by atoms with Gasteiger partial charge in [-0.3, -0.25) is 0 Å². The van der Waals surface area contributed by atoms with E-state index < -0.39 is 5.60 Å². The van der Waals surface area contributed by atoms with E-state index in [1.807, 2.05) is 12.1 Å². The molecule has 1 aliphatic rings. The van der Waals surface area contributed by atoms with Gasteiger partial charge in [0.2, 0.25) is 0 Å². The maximum atomic E-state index is 10.5. The Balaban J connectivity index is 1.95. The van der Waals surface area contributed by atoms with E-state index in [4.69, 9.17) is 9.15 Å². The van der Waals surface area contributed by atoms with Crippen LogP contribution in [0.5, 0.6) is 0 Å². The van der Waals surface area contributed by atoms with Gasteiger partial charge in [0.15, 0.2) is 0 Å². The first kappa shape index (κ1) is 11.7. The molecule has 2 heterocycles. The minimum Gasteiger partial charge on any atom is -0.469 e. The summed E-state index contributed by atoms with van der Waals surface area (Å²) in [6, 6.07) is 3.78. The Labute approximate surface area is 96.4 Å². The van der Waals surface area contributed by atoms with Crippen LogP contribution in [-0.4, -0.2) is 23.4 Å². The fraction of sp³-hybridized carbons (Fsp3) is 0.692. The first-order valence-electron chi connectivity index (χ1n) is 6.08. The monoisotopic (exact) mass is 224 g/mol. The average molecular weight is 224 g/mol. The number of furan rings is 1. The van der Waals surface area contributed by atoms with Crippen LogP contribution in [0.25, 0.3) is 0 Å². The zero-order chi connectivity index (χ0) is 11.4. The maximum Gasteiger partial charge on any atom is 0.106 e. The molecule has 2 atom stereocenters. The largest absolute Gasteiger partial charge is 0.469 e. The van der Waals surface area contributed by atoms with Crippen LogP contribution in [0.15, 0.2) is 22.8 Å². The van der Waals surface area contributed by atoms with Crippen LogP contribution in [0.4, 0.5) is 0 Å². The number of hydrogen-bond donors (Lipinski definition) is 1. The van der Waals surface area contributed by atoms with Gasteiger partial charge >= 0.3 is 0 Å². The van der Waals surface area contributed by atoms with Crippen molar-refractivity contribution >= 4 is 0 Å². The summed E-state index contributed by atoms with van der Waals surface area (Å²) in [5.41, 5.74) is -0.643. The third-order valence-electron chi connectivity index (χ3n) is 3.22. The molecule has 0 radical (unpaired) electrons. The van der Waals surface area contributed by atoms with Gasteiger partial charge in [0.25, 0.3) is 0 Å². The van der Waals surface area contributed by atoms with Crippen LogP contribution >= 0.6 is 0 Å². The summed E-state index contributed by atoms with van der Waals surface area (Å²) in [5, 5.41) is 10.5. The smallest absolute Gasteiger partial charge is 0.106 e. The number of ether oxygens (including phenoxy) is 1. The highest BCUT2D eigenvalue weighted by Crippen LogP contribution is 2.30. The van der Waals surface area contributed by atoms with Crippen LogP contribution in [-0.2, 0) is 11.2 Å². The van der Waals surface area contributed by atoms with Crippen molar-refractivity contribution < 1.29 is 14.3 Å². The lowest BCUT2D eigenvalue weighted by atomic mass is 9.85. The predicted octanol–water partition coefficient (Wildman–Crippen LogP) is 2.53. The van der Waals surface area contributed by atoms with Gasteiger partial charge in [0.05, 0.1) is 18.0 Å². The Hall–Kier alpha value is -0.800. The molecule has 0 saturated carbocycles. The maximum absolute atomic E-state index is 10.5. The van der Waals surface area contributed by atoms with Crippen molar-refractivity contribution in [1.29, 1.82) is 0 Å². The Bertz CT molecular complexity index is 305. The molecule has 0 aromatic carbocycles. The number of rotatable bonds is 4. The third-order valence-corrected chi connectivity index (χ3v) is 3.22. The molecule has 1 aromatic rings. The lowest BCUT2D eigenvalue weighted by Crippen LogP contribution is -2.42. The summed E-state index contributed by atoms with van der Waals surface area (Å²) in [7, 11) is 0. The quantitative estimate of drug-likeness (QED) is 0.854. The van der Waals surface area contributed by atoms with E-state index in [0.29, 0.717) is 19.4 Å². The molecule has 0 aliphatic carbocycles. The number of hydrogen-bond acceptors (Lipinski definition) is 3. The minimum atomic E-state index is -0.643. The van der Waals surface area contributed by atoms with Crippen LogP contribution in [0.3, 0.4) is 0 Å². The van der Waals surface area contributed by atoms with Crippen molar-refractivity contribution in [2.75, 3.05) is 6.61 Å². The molecule has 1 fully saturated rings. The zero-order valence-corrected chi connectivity index (χ0v) is 9.82. The van der Waals surface area contributed by atoms with E-state index in [9.17, 15) is 5.11 Å². The van der Waals surface area contributed by atoms with Crippen molar-refractivity contribution in [2.24, 2.45) is 0 Å². The highest BCUT2D eigenvalue weighted by Gasteiger charge is 2.35. The van der Waals surface area contributed by atoms with Crippen molar-refractivity contribution in [2.45, 2.75) is 50.7 Å². The van der Waals surface area contributed by atoms with Crippen LogP contribution in [0, 0.1) is 0 Å². The minimum absolute atomic E-state index is 0.207. The standard InChI is InChI=1S/C13H20O3/c1-2-4-11-9-13(14,6-8-16-11)10-12-5-3-7-15-12/h3,5,7,11,14H,2,4,6,8-10H2,1H3. The van der Waals surface area contributed by atoms with Gasteiger partial charge in [-0.15, -0.1) is 0 Å². The third kappa shape index (κ3) is 2.86. The fourth-order valence-corrected chi connectivity index (χ4v) is 2.41. The summed E-state index contributed by atoms with van der Waals surface area (Å²) in [6.45, 7) is 2.80. The first-order chi connectivity index (χ1) is 7.72. The summed E-state index contributed by atoms with van der Waals surface area (Å²) < 4.78 is 10.9. The summed E-state index contributed by atoms with van der Waals surface area (Å²) in [6.07, 6.45) is 6.02. The van der Waals surface area contributed by atoms with Crippen molar-refractivity contribution in [3.8, 4) is 0 Å². The van der Waals surface area contributed by atoms with Gasteiger partial charge in [-0.1, -0.05) is 13.3 Å². The van der Waals surface area contributed by atoms with E-state index in [1.165, 1.54) is 0 Å². The van der Waals surface area contributed by atoms with Crippen LogP contribution in [0.1, 0.15) is 38.4 Å². The molecule has 2 unspecified atom stereocenters. The second kappa shape index (κ2) is 5.02. The second-order valence-electron chi connectivity index (χ2n) is 4.72. The van der Waals surface area contributed by atoms with Crippen LogP contribution < -0.4 is 0 Å². The normalized spacial score (nSPS) is 30.5. The van der Waals surface area contributed by atoms with E-state index >= 15 is 0 Å². The van der Waals surface area contributed by atoms with E-state index in [1.54, 1.807) is 6.26 Å². The second-order valence-corrected chi connectivity index (χ2v) is 4.72. The molecule has 3 heteroatoms. The van der Waals surface area contributed by atoms with E-state index in [0.717, 1.165) is 25.0 Å². The van der Waals surface area contributed by atoms with Gasteiger partial charge in [-0.05, 0) is 18.6 Å². The van der Waals surface area contributed by atoms with E-state index in [2.05, 4.69) is 6.92 Å². The molecule has 0 amide bonds. The molecule has 2 rings (SSSR count). The fourth-order valence-electron chi connectivity index (χ4n) is 2.41. The van der Waals surface area contributed by atoms with Gasteiger partial charge in [-0.25, -0.2) is 0 Å². The molecule has 0 bridgehead atoms. The Morgan fingerprint density at radius 3 is 3.12 bits per heavy atom. The van der Waals surface area contributed by atoms with Crippen molar-refractivity contribution in [3.63, 3.8) is 0 Å². The predicted molar refractivity (Wildman–Crippen MR) is 61.2 cm³/mol. The Morgan fingerprint density at radius 2 is 2.44 bits per heavy atom. The molecular formula is C13H20O3. The molecule has 0 spiro atoms. The van der Waals surface area contributed by atoms with Gasteiger partial charge < -0.3 is 14.3 Å². The van der Waals surface area contributed by atoms with Gasteiger partial charge in [0, 0.05) is 25.9 Å². The zero-order valence-electron chi connectivity index (χ0n) is 9.82. The summed E-state index contributed by atoms with van der Waals surface area (Å²) in [5.74, 6) is 0.861. The average Bonchev–Trinajstić information content (AvgIpc) is 2.70. The highest BCUT2D eigenvalue weighted by molar-refractivity contribution is 5.04. The van der Waals surface area contributed by atoms with E-state index in [-0.39, 0.29) is 6.10 Å². The molecule has 3 nitrogen and oxygen atoms in total. The van der Waals surface area contributed by atoms with Crippen molar-refractivity contribution in [3.05, 3.63) is 24.2 Å². The first-order valence-corrected chi connectivity index (χ1v) is 6.08. The van der Waals surface area contributed by atoms with Crippen LogP contribution in [0.2, 0.25) is 0 Å². The summed E-state index contributed by atoms with van der Waals surface area (Å²) in [4.78, 5) is 0. The summed E-state index contributed by atoms with van der Waals surface area (Å²) >= 11 is 0. The molecule has 90 valence electrons. The SMILES string of the molecule is CCCC1CC(O)(Cc2ccco2)CCO1. The van der Waals surface area contributed by atoms with Gasteiger partial charge in [-0.2, -0.15) is 0 Å². The Kier molecular flexibility index (Phi) is 3.66. The molecular weight excluding hydrogens is 204 g/mol. The highest BCUT2D eigenvalue weighted by atomic mass is 16.5. The molecule has 16 heavy (non-hydrogen) atoms.